The molecule has 0 unspecified atom stereocenters. The van der Waals surface area contributed by atoms with E-state index in [1.807, 2.05) is 6.07 Å². The summed E-state index contributed by atoms with van der Waals surface area (Å²) in [5.74, 6) is -1.80. The van der Waals surface area contributed by atoms with Gasteiger partial charge in [0.05, 0.1) is 7.11 Å². The molecule has 0 spiro atoms. The number of hydrogen-bond donors (Lipinski definition) is 1. The highest BCUT2D eigenvalue weighted by atomic mass is 16.7. The molecule has 0 heterocycles. The summed E-state index contributed by atoms with van der Waals surface area (Å²) < 4.78 is 4.44. The van der Waals surface area contributed by atoms with Crippen LogP contribution in [0.3, 0.4) is 0 Å². The number of carboxylic acid groups (broad SMARTS) is 1. The number of ether oxygens (including phenoxy) is 1. The number of rotatable bonds is 9. The summed E-state index contributed by atoms with van der Waals surface area (Å²) in [4.78, 5) is 38.5. The zero-order chi connectivity index (χ0) is 15.7. The van der Waals surface area contributed by atoms with E-state index >= 15 is 0 Å². The molecule has 0 radical (unpaired) electrons. The Bertz CT molecular complexity index is 476. The number of benzene rings is 1. The third-order valence-electron chi connectivity index (χ3n) is 2.77. The number of methoxy groups -OCH3 is 1. The number of nitrogens with zero attached hydrogens (tertiary/aromatic N) is 1. The molecule has 1 amide bonds. The highest BCUT2D eigenvalue weighted by molar-refractivity contribution is 5.77. The van der Waals surface area contributed by atoms with E-state index in [2.05, 4.69) is 4.74 Å². The Morgan fingerprint density at radius 3 is 2.52 bits per heavy atom. The van der Waals surface area contributed by atoms with Crippen LogP contribution in [0.1, 0.15) is 18.4 Å². The van der Waals surface area contributed by atoms with Crippen LogP contribution in [-0.2, 0) is 30.6 Å². The van der Waals surface area contributed by atoms with Crippen LogP contribution in [-0.4, -0.2) is 41.7 Å². The van der Waals surface area contributed by atoms with E-state index in [9.17, 15) is 14.4 Å². The van der Waals surface area contributed by atoms with Crippen LogP contribution in [0.2, 0.25) is 0 Å². The standard InChI is InChI=1S/C14H17NO6/c1-20-13(17)8-7-12(14(18)19)15(10-16)21-9-11-5-3-2-4-6-11/h2-6,10,12H,7-9H2,1H3,(H,18,19)/t12-/m0/s1. The van der Waals surface area contributed by atoms with Gasteiger partial charge in [0.15, 0.2) is 6.04 Å². The highest BCUT2D eigenvalue weighted by Crippen LogP contribution is 2.10. The van der Waals surface area contributed by atoms with Gasteiger partial charge in [-0.05, 0) is 12.0 Å². The molecular weight excluding hydrogens is 278 g/mol. The molecule has 0 aliphatic rings. The number of carboxylic acids is 1. The molecular formula is C14H17NO6. The molecule has 0 aliphatic heterocycles. The smallest absolute Gasteiger partial charge is 0.329 e. The second-order valence-electron chi connectivity index (χ2n) is 4.19. The summed E-state index contributed by atoms with van der Waals surface area (Å²) in [5.41, 5.74) is 0.793. The summed E-state index contributed by atoms with van der Waals surface area (Å²) in [5, 5.41) is 9.83. The van der Waals surface area contributed by atoms with Crippen molar-refractivity contribution in [3.8, 4) is 0 Å². The van der Waals surface area contributed by atoms with Crippen molar-refractivity contribution in [2.24, 2.45) is 0 Å². The van der Waals surface area contributed by atoms with Gasteiger partial charge in [0.2, 0.25) is 6.41 Å². The maximum Gasteiger partial charge on any atom is 0.329 e. The Hall–Kier alpha value is -2.41. The lowest BCUT2D eigenvalue weighted by Gasteiger charge is -2.23. The number of carbonyl (C=O) groups excluding carboxylic acids is 2. The van der Waals surface area contributed by atoms with Gasteiger partial charge in [0.1, 0.15) is 6.61 Å². The van der Waals surface area contributed by atoms with Crippen molar-refractivity contribution in [2.45, 2.75) is 25.5 Å². The predicted molar refractivity (Wildman–Crippen MR) is 71.8 cm³/mol. The first-order valence-electron chi connectivity index (χ1n) is 6.28. The maximum atomic E-state index is 11.2. The Morgan fingerprint density at radius 2 is 2.00 bits per heavy atom. The molecule has 0 fully saturated rings. The van der Waals surface area contributed by atoms with Crippen molar-refractivity contribution < 1.29 is 29.1 Å². The molecule has 7 nitrogen and oxygen atoms in total. The molecule has 114 valence electrons. The first-order valence-corrected chi connectivity index (χ1v) is 6.28. The van der Waals surface area contributed by atoms with Gasteiger partial charge in [-0.2, -0.15) is 0 Å². The molecule has 0 bridgehead atoms. The summed E-state index contributed by atoms with van der Waals surface area (Å²) >= 11 is 0. The van der Waals surface area contributed by atoms with Crippen LogP contribution in [0, 0.1) is 0 Å². The summed E-state index contributed by atoms with van der Waals surface area (Å²) in [6, 6.07) is 7.76. The first-order chi connectivity index (χ1) is 10.1. The van der Waals surface area contributed by atoms with Crippen molar-refractivity contribution in [2.75, 3.05) is 7.11 Å². The molecule has 0 aliphatic carbocycles. The van der Waals surface area contributed by atoms with Gasteiger partial charge < -0.3 is 9.84 Å². The fourth-order valence-electron chi connectivity index (χ4n) is 1.63. The summed E-state index contributed by atoms with van der Waals surface area (Å²) in [7, 11) is 1.21. The predicted octanol–water partition coefficient (Wildman–Crippen LogP) is 0.983. The first kappa shape index (κ1) is 16.6. The monoisotopic (exact) mass is 295 g/mol. The Kier molecular flexibility index (Phi) is 6.90. The van der Waals surface area contributed by atoms with Crippen LogP contribution in [0.4, 0.5) is 0 Å². The zero-order valence-electron chi connectivity index (χ0n) is 11.6. The van der Waals surface area contributed by atoms with Gasteiger partial charge in [-0.1, -0.05) is 30.3 Å². The van der Waals surface area contributed by atoms with Gasteiger partial charge in [-0.25, -0.2) is 9.86 Å². The molecule has 1 N–H and O–H groups in total. The fourth-order valence-corrected chi connectivity index (χ4v) is 1.63. The van der Waals surface area contributed by atoms with E-state index in [1.54, 1.807) is 24.3 Å². The van der Waals surface area contributed by atoms with E-state index in [-0.39, 0.29) is 19.4 Å². The summed E-state index contributed by atoms with van der Waals surface area (Å²) in [6.45, 7) is 0.0571. The maximum absolute atomic E-state index is 11.2. The SMILES string of the molecule is COC(=O)CC[C@@H](C(=O)O)N(C=O)OCc1ccccc1. The van der Waals surface area contributed by atoms with Crippen LogP contribution < -0.4 is 0 Å². The number of carbonyl (C=O) groups is 3. The second kappa shape index (κ2) is 8.70. The Morgan fingerprint density at radius 1 is 1.33 bits per heavy atom. The minimum atomic E-state index is -1.25. The van der Waals surface area contributed by atoms with E-state index in [1.165, 1.54) is 7.11 Å². The van der Waals surface area contributed by atoms with Crippen molar-refractivity contribution in [1.82, 2.24) is 5.06 Å². The largest absolute Gasteiger partial charge is 0.480 e. The van der Waals surface area contributed by atoms with E-state index in [0.29, 0.717) is 11.5 Å². The van der Waals surface area contributed by atoms with Crippen molar-refractivity contribution >= 4 is 18.3 Å². The molecule has 1 rings (SSSR count). The lowest BCUT2D eigenvalue weighted by molar-refractivity contribution is -0.201. The lowest BCUT2D eigenvalue weighted by Crippen LogP contribution is -2.40. The minimum absolute atomic E-state index is 0.0571. The molecule has 21 heavy (non-hydrogen) atoms. The number of hydrogen-bond acceptors (Lipinski definition) is 5. The zero-order valence-corrected chi connectivity index (χ0v) is 11.6. The lowest BCUT2D eigenvalue weighted by atomic mass is 10.1. The Balaban J connectivity index is 2.62. The van der Waals surface area contributed by atoms with Gasteiger partial charge >= 0.3 is 11.9 Å². The quantitative estimate of drug-likeness (QED) is 0.415. The Labute approximate surface area is 122 Å². The molecule has 1 aromatic rings. The molecule has 0 saturated carbocycles. The van der Waals surface area contributed by atoms with Crippen LogP contribution in [0.5, 0.6) is 0 Å². The highest BCUT2D eigenvalue weighted by Gasteiger charge is 2.26. The van der Waals surface area contributed by atoms with E-state index in [4.69, 9.17) is 9.94 Å². The normalized spacial score (nSPS) is 11.5. The van der Waals surface area contributed by atoms with E-state index in [0.717, 1.165) is 5.56 Å². The minimum Gasteiger partial charge on any atom is -0.480 e. The van der Waals surface area contributed by atoms with Crippen LogP contribution in [0.25, 0.3) is 0 Å². The van der Waals surface area contributed by atoms with Crippen LogP contribution >= 0.6 is 0 Å². The van der Waals surface area contributed by atoms with Gasteiger partial charge in [-0.3, -0.25) is 14.4 Å². The number of aliphatic carboxylic acids is 1. The van der Waals surface area contributed by atoms with Gasteiger partial charge in [0, 0.05) is 6.42 Å². The second-order valence-corrected chi connectivity index (χ2v) is 4.19. The average molecular weight is 295 g/mol. The third kappa shape index (κ3) is 5.62. The van der Waals surface area contributed by atoms with Crippen molar-refractivity contribution in [3.05, 3.63) is 35.9 Å². The number of hydroxylamine groups is 2. The molecule has 1 aromatic carbocycles. The molecule has 0 saturated heterocycles. The van der Waals surface area contributed by atoms with Crippen molar-refractivity contribution in [1.29, 1.82) is 0 Å². The average Bonchev–Trinajstić information content (AvgIpc) is 2.50. The third-order valence-corrected chi connectivity index (χ3v) is 2.77. The summed E-state index contributed by atoms with van der Waals surface area (Å²) in [6.07, 6.45) is 0.0844. The number of amides is 1. The van der Waals surface area contributed by atoms with Crippen LogP contribution in [0.15, 0.2) is 30.3 Å². The fraction of sp³-hybridized carbons (Fsp3) is 0.357. The van der Waals surface area contributed by atoms with Crippen molar-refractivity contribution in [3.63, 3.8) is 0 Å². The molecule has 7 heteroatoms. The topological polar surface area (TPSA) is 93.1 Å². The molecule has 1 atom stereocenters. The van der Waals surface area contributed by atoms with Gasteiger partial charge in [0.25, 0.3) is 0 Å². The molecule has 0 aromatic heterocycles. The van der Waals surface area contributed by atoms with E-state index < -0.39 is 18.0 Å². The van der Waals surface area contributed by atoms with Gasteiger partial charge in [-0.15, -0.1) is 0 Å². The number of esters is 1.